The maximum absolute atomic E-state index is 11.3. The van der Waals surface area contributed by atoms with Gasteiger partial charge in [-0.3, -0.25) is 9.59 Å². The van der Waals surface area contributed by atoms with Crippen LogP contribution in [0.4, 0.5) is 0 Å². The van der Waals surface area contributed by atoms with E-state index in [-0.39, 0.29) is 17.7 Å². The molecule has 0 aliphatic carbocycles. The molecular formula is C13H25NO2. The van der Waals surface area contributed by atoms with E-state index in [0.29, 0.717) is 12.8 Å². The van der Waals surface area contributed by atoms with Gasteiger partial charge in [-0.2, -0.15) is 0 Å². The molecule has 1 atom stereocenters. The minimum atomic E-state index is -0.0376. The molecule has 1 unspecified atom stereocenters. The lowest BCUT2D eigenvalue weighted by Crippen LogP contribution is -2.34. The molecule has 94 valence electrons. The molecule has 0 radical (unpaired) electrons. The first-order valence-electron chi connectivity index (χ1n) is 6.38. The van der Waals surface area contributed by atoms with Gasteiger partial charge < -0.3 is 5.32 Å². The van der Waals surface area contributed by atoms with Gasteiger partial charge in [-0.25, -0.2) is 0 Å². The van der Waals surface area contributed by atoms with Gasteiger partial charge in [0.25, 0.3) is 0 Å². The van der Waals surface area contributed by atoms with Crippen LogP contribution in [0.1, 0.15) is 65.7 Å². The predicted octanol–water partition coefficient (Wildman–Crippen LogP) is 2.83. The average molecular weight is 227 g/mol. The lowest BCUT2D eigenvalue weighted by Gasteiger charge is -2.16. The molecule has 0 fully saturated rings. The van der Waals surface area contributed by atoms with E-state index in [0.717, 1.165) is 12.8 Å². The largest absolute Gasteiger partial charge is 0.353 e. The van der Waals surface area contributed by atoms with E-state index in [1.54, 1.807) is 0 Å². The number of carbonyl (C=O) groups is 2. The molecule has 0 aromatic carbocycles. The van der Waals surface area contributed by atoms with E-state index < -0.39 is 0 Å². The molecule has 0 aromatic heterocycles. The summed E-state index contributed by atoms with van der Waals surface area (Å²) in [7, 11) is 0. The third-order valence-corrected chi connectivity index (χ3v) is 2.68. The van der Waals surface area contributed by atoms with Crippen molar-refractivity contribution in [1.82, 2.24) is 5.32 Å². The first-order chi connectivity index (χ1) is 7.60. The van der Waals surface area contributed by atoms with Gasteiger partial charge in [-0.1, -0.05) is 39.5 Å². The number of hydrogen-bond donors (Lipinski definition) is 1. The van der Waals surface area contributed by atoms with Gasteiger partial charge >= 0.3 is 0 Å². The first kappa shape index (κ1) is 15.1. The van der Waals surface area contributed by atoms with Gasteiger partial charge in [-0.15, -0.1) is 0 Å². The van der Waals surface area contributed by atoms with Gasteiger partial charge in [0.05, 0.1) is 0 Å². The van der Waals surface area contributed by atoms with Gasteiger partial charge in [0.1, 0.15) is 5.78 Å². The molecule has 0 spiro atoms. The number of Topliss-reactive ketones (excluding diaryl/α,β-unsaturated/α-hetero) is 1. The van der Waals surface area contributed by atoms with E-state index >= 15 is 0 Å². The molecule has 0 aliphatic heterocycles. The van der Waals surface area contributed by atoms with E-state index in [9.17, 15) is 9.59 Å². The number of unbranched alkanes of at least 4 members (excludes halogenated alkanes) is 3. The van der Waals surface area contributed by atoms with Gasteiger partial charge in [0.2, 0.25) is 5.91 Å². The van der Waals surface area contributed by atoms with Crippen LogP contribution in [0.3, 0.4) is 0 Å². The minimum absolute atomic E-state index is 0.0376. The normalized spacial score (nSPS) is 12.2. The van der Waals surface area contributed by atoms with Gasteiger partial charge in [0.15, 0.2) is 0 Å². The zero-order chi connectivity index (χ0) is 12.4. The fraction of sp³-hybridized carbons (Fsp3) is 0.846. The summed E-state index contributed by atoms with van der Waals surface area (Å²) in [6.45, 7) is 5.55. The number of rotatable bonds is 9. The van der Waals surface area contributed by atoms with Crippen molar-refractivity contribution in [2.45, 2.75) is 71.8 Å². The monoisotopic (exact) mass is 227 g/mol. The molecule has 1 amide bonds. The van der Waals surface area contributed by atoms with Crippen LogP contribution in [-0.4, -0.2) is 17.7 Å². The summed E-state index contributed by atoms with van der Waals surface area (Å²) in [5.74, 6) is 0.193. The molecule has 3 nitrogen and oxygen atoms in total. The molecule has 16 heavy (non-hydrogen) atoms. The second-order valence-electron chi connectivity index (χ2n) is 4.34. The number of ketones is 1. The van der Waals surface area contributed by atoms with Gasteiger partial charge in [0, 0.05) is 25.8 Å². The van der Waals surface area contributed by atoms with Crippen LogP contribution in [0.5, 0.6) is 0 Å². The van der Waals surface area contributed by atoms with Gasteiger partial charge in [-0.05, 0) is 6.42 Å². The number of carbonyl (C=O) groups excluding carboxylic acids is 2. The summed E-state index contributed by atoms with van der Waals surface area (Å²) >= 11 is 0. The Morgan fingerprint density at radius 1 is 1.12 bits per heavy atom. The smallest absolute Gasteiger partial charge is 0.217 e. The summed E-state index contributed by atoms with van der Waals surface area (Å²) < 4.78 is 0. The number of hydrogen-bond acceptors (Lipinski definition) is 2. The third kappa shape index (κ3) is 8.45. The fourth-order valence-electron chi connectivity index (χ4n) is 1.75. The lowest BCUT2D eigenvalue weighted by atomic mass is 10.0. The molecule has 0 bridgehead atoms. The van der Waals surface area contributed by atoms with Crippen molar-refractivity contribution in [1.29, 1.82) is 0 Å². The maximum atomic E-state index is 11.3. The summed E-state index contributed by atoms with van der Waals surface area (Å²) in [6.07, 6.45) is 6.69. The highest BCUT2D eigenvalue weighted by atomic mass is 16.1. The maximum Gasteiger partial charge on any atom is 0.217 e. The van der Waals surface area contributed by atoms with Crippen LogP contribution in [0, 0.1) is 0 Å². The predicted molar refractivity (Wildman–Crippen MR) is 66.3 cm³/mol. The van der Waals surface area contributed by atoms with E-state index in [2.05, 4.69) is 12.2 Å². The topological polar surface area (TPSA) is 46.2 Å². The Kier molecular flexibility index (Phi) is 8.87. The second-order valence-corrected chi connectivity index (χ2v) is 4.34. The molecule has 0 saturated carbocycles. The van der Waals surface area contributed by atoms with Crippen molar-refractivity contribution < 1.29 is 9.59 Å². The summed E-state index contributed by atoms with van der Waals surface area (Å²) in [5.41, 5.74) is 0. The van der Waals surface area contributed by atoms with Crippen LogP contribution in [0.15, 0.2) is 0 Å². The quantitative estimate of drug-likeness (QED) is 0.616. The zero-order valence-corrected chi connectivity index (χ0v) is 10.8. The summed E-state index contributed by atoms with van der Waals surface area (Å²) in [6, 6.07) is 0.0433. The average Bonchev–Trinajstić information content (AvgIpc) is 2.23. The van der Waals surface area contributed by atoms with E-state index in [1.807, 2.05) is 6.92 Å². The van der Waals surface area contributed by atoms with Crippen LogP contribution in [0.25, 0.3) is 0 Å². The number of nitrogens with one attached hydrogen (secondary N) is 1. The van der Waals surface area contributed by atoms with Crippen molar-refractivity contribution >= 4 is 11.7 Å². The Hall–Kier alpha value is -0.860. The molecule has 0 aromatic rings. The van der Waals surface area contributed by atoms with Crippen molar-refractivity contribution in [3.05, 3.63) is 0 Å². The molecule has 3 heteroatoms. The van der Waals surface area contributed by atoms with Crippen molar-refractivity contribution in [2.75, 3.05) is 0 Å². The highest BCUT2D eigenvalue weighted by molar-refractivity contribution is 5.80. The van der Waals surface area contributed by atoms with Crippen molar-refractivity contribution in [3.63, 3.8) is 0 Å². The van der Waals surface area contributed by atoms with Crippen molar-refractivity contribution in [2.24, 2.45) is 0 Å². The van der Waals surface area contributed by atoms with Crippen molar-refractivity contribution in [3.8, 4) is 0 Å². The molecule has 0 saturated heterocycles. The van der Waals surface area contributed by atoms with E-state index in [1.165, 1.54) is 26.2 Å². The zero-order valence-electron chi connectivity index (χ0n) is 10.8. The highest BCUT2D eigenvalue weighted by Crippen LogP contribution is 2.09. The Balaban J connectivity index is 3.90. The third-order valence-electron chi connectivity index (χ3n) is 2.68. The summed E-state index contributed by atoms with van der Waals surface area (Å²) in [5, 5.41) is 2.86. The molecule has 1 N–H and O–H groups in total. The van der Waals surface area contributed by atoms with E-state index in [4.69, 9.17) is 0 Å². The first-order valence-corrected chi connectivity index (χ1v) is 6.38. The molecule has 0 rings (SSSR count). The van der Waals surface area contributed by atoms with Crippen LogP contribution in [-0.2, 0) is 9.59 Å². The standard InChI is InChI=1S/C13H25NO2/c1-4-6-7-8-9-12(14-11(3)15)10-13(16)5-2/h12H,4-10H2,1-3H3,(H,14,15). The SMILES string of the molecule is CCCCCCC(CC(=O)CC)NC(C)=O. The molecule has 0 aliphatic rings. The Bertz CT molecular complexity index is 214. The minimum Gasteiger partial charge on any atom is -0.353 e. The second kappa shape index (κ2) is 9.37. The molecule has 0 heterocycles. The summed E-state index contributed by atoms with van der Waals surface area (Å²) in [4.78, 5) is 22.3. The number of amides is 1. The molecular weight excluding hydrogens is 202 g/mol. The van der Waals surface area contributed by atoms with Crippen LogP contribution >= 0.6 is 0 Å². The van der Waals surface area contributed by atoms with Crippen LogP contribution in [0.2, 0.25) is 0 Å². The van der Waals surface area contributed by atoms with Crippen LogP contribution < -0.4 is 5.32 Å². The lowest BCUT2D eigenvalue weighted by molar-refractivity contribution is -0.121. The Morgan fingerprint density at radius 3 is 2.31 bits per heavy atom. The fourth-order valence-corrected chi connectivity index (χ4v) is 1.75. The Labute approximate surface area is 99.0 Å². The highest BCUT2D eigenvalue weighted by Gasteiger charge is 2.13. The Morgan fingerprint density at radius 2 is 1.81 bits per heavy atom.